The third-order valence-electron chi connectivity index (χ3n) is 7.40. The van der Waals surface area contributed by atoms with Crippen LogP contribution in [0.5, 0.6) is 17.2 Å². The Morgan fingerprint density at radius 2 is 1.61 bits per heavy atom. The van der Waals surface area contributed by atoms with Crippen molar-refractivity contribution in [3.8, 4) is 17.2 Å². The van der Waals surface area contributed by atoms with E-state index >= 15 is 0 Å². The van der Waals surface area contributed by atoms with Gasteiger partial charge in [-0.15, -0.1) is 0 Å². The second kappa shape index (κ2) is 10.2. The van der Waals surface area contributed by atoms with Crippen LogP contribution in [0.1, 0.15) is 70.3 Å². The number of methoxy groups -OCH3 is 3. The molecule has 2 aliphatic rings. The minimum absolute atomic E-state index is 0.118. The predicted molar refractivity (Wildman–Crippen MR) is 140 cm³/mol. The zero-order valence-corrected chi connectivity index (χ0v) is 21.3. The second-order valence-corrected chi connectivity index (χ2v) is 9.48. The minimum Gasteiger partial charge on any atom is -0.496 e. The number of carbonyl (C=O) groups excluding carboxylic acids is 1. The number of amides is 1. The van der Waals surface area contributed by atoms with Crippen LogP contribution in [0.15, 0.2) is 54.6 Å². The summed E-state index contributed by atoms with van der Waals surface area (Å²) in [6.45, 7) is 1.92. The summed E-state index contributed by atoms with van der Waals surface area (Å²) in [6, 6.07) is 17.4. The third-order valence-corrected chi connectivity index (χ3v) is 7.40. The molecule has 0 spiro atoms. The second-order valence-electron chi connectivity index (χ2n) is 9.48. The van der Waals surface area contributed by atoms with Crippen molar-refractivity contribution in [3.63, 3.8) is 0 Å². The molecule has 6 heteroatoms. The highest BCUT2D eigenvalue weighted by atomic mass is 16.5. The number of aryl methyl sites for hydroxylation is 1. The van der Waals surface area contributed by atoms with Gasteiger partial charge >= 0.3 is 0 Å². The van der Waals surface area contributed by atoms with Gasteiger partial charge in [-0.2, -0.15) is 0 Å². The lowest BCUT2D eigenvalue weighted by molar-refractivity contribution is -0.0406. The van der Waals surface area contributed by atoms with Crippen LogP contribution >= 0.6 is 0 Å². The van der Waals surface area contributed by atoms with Gasteiger partial charge < -0.3 is 24.3 Å². The Morgan fingerprint density at radius 1 is 0.889 bits per heavy atom. The predicted octanol–water partition coefficient (Wildman–Crippen LogP) is 6.42. The quantitative estimate of drug-likeness (QED) is 0.435. The highest BCUT2D eigenvalue weighted by Gasteiger charge is 2.41. The van der Waals surface area contributed by atoms with E-state index in [0.717, 1.165) is 47.5 Å². The van der Waals surface area contributed by atoms with E-state index in [1.165, 1.54) is 12.0 Å². The van der Waals surface area contributed by atoms with Gasteiger partial charge in [-0.1, -0.05) is 37.1 Å². The molecule has 188 valence electrons. The molecule has 3 aromatic rings. The average molecular weight is 488 g/mol. The summed E-state index contributed by atoms with van der Waals surface area (Å²) >= 11 is 0. The molecule has 0 saturated heterocycles. The van der Waals surface area contributed by atoms with Gasteiger partial charge in [-0.3, -0.25) is 4.79 Å². The molecule has 3 aromatic carbocycles. The molecule has 1 aliphatic carbocycles. The largest absolute Gasteiger partial charge is 0.496 e. The molecule has 1 fully saturated rings. The van der Waals surface area contributed by atoms with Gasteiger partial charge in [0, 0.05) is 22.7 Å². The number of carbonyl (C=O) groups is 1. The molecule has 1 amide bonds. The van der Waals surface area contributed by atoms with Gasteiger partial charge in [0.2, 0.25) is 0 Å². The van der Waals surface area contributed by atoms with Gasteiger partial charge in [0.15, 0.2) is 0 Å². The Morgan fingerprint density at radius 3 is 2.36 bits per heavy atom. The lowest BCUT2D eigenvalue weighted by atomic mass is 9.75. The van der Waals surface area contributed by atoms with Crippen molar-refractivity contribution in [2.75, 3.05) is 26.6 Å². The van der Waals surface area contributed by atoms with E-state index in [0.29, 0.717) is 17.0 Å². The first kappa shape index (κ1) is 24.2. The molecule has 1 heterocycles. The van der Waals surface area contributed by atoms with Crippen molar-refractivity contribution >= 4 is 11.6 Å². The van der Waals surface area contributed by atoms with Crippen molar-refractivity contribution in [2.45, 2.75) is 50.7 Å². The Labute approximate surface area is 212 Å². The SMILES string of the molecule is COc1ccc(OC)c2c1C(c1cccc(NC(=O)c3cccc(C)c3OC)c1)OC1CCCCC21. The first-order valence-corrected chi connectivity index (χ1v) is 12.5. The van der Waals surface area contributed by atoms with Gasteiger partial charge in [-0.05, 0) is 61.2 Å². The lowest BCUT2D eigenvalue weighted by Crippen LogP contribution is -2.34. The summed E-state index contributed by atoms with van der Waals surface area (Å²) < 4.78 is 23.9. The number of fused-ring (bicyclic) bond motifs is 3. The number of hydrogen-bond acceptors (Lipinski definition) is 5. The molecular weight excluding hydrogens is 454 g/mol. The highest BCUT2D eigenvalue weighted by Crippen LogP contribution is 2.53. The van der Waals surface area contributed by atoms with Crippen LogP contribution in [-0.4, -0.2) is 33.3 Å². The average Bonchev–Trinajstić information content (AvgIpc) is 2.91. The summed E-state index contributed by atoms with van der Waals surface area (Å²) in [4.78, 5) is 13.1. The van der Waals surface area contributed by atoms with E-state index in [9.17, 15) is 4.79 Å². The molecule has 1 N–H and O–H groups in total. The first-order valence-electron chi connectivity index (χ1n) is 12.5. The van der Waals surface area contributed by atoms with Crippen LogP contribution in [0.4, 0.5) is 5.69 Å². The maximum absolute atomic E-state index is 13.1. The van der Waals surface area contributed by atoms with Crippen LogP contribution in [0, 0.1) is 6.92 Å². The van der Waals surface area contributed by atoms with E-state index in [1.807, 2.05) is 55.5 Å². The molecule has 0 radical (unpaired) electrons. The fraction of sp³-hybridized carbons (Fsp3) is 0.367. The molecule has 1 saturated carbocycles. The normalized spacial score (nSPS) is 20.6. The molecule has 1 aliphatic heterocycles. The summed E-state index contributed by atoms with van der Waals surface area (Å²) in [5, 5.41) is 3.04. The molecule has 3 unspecified atom stereocenters. The van der Waals surface area contributed by atoms with Gasteiger partial charge in [0.1, 0.15) is 23.4 Å². The standard InChI is InChI=1S/C30H33NO5/c1-18-9-7-13-22(28(18)35-4)30(32)31-20-11-8-10-19(17-20)29-27-25(34-3)16-15-24(33-2)26(27)21-12-5-6-14-23(21)36-29/h7-11,13,15-17,21,23,29H,5-6,12,14H2,1-4H3,(H,31,32). The van der Waals surface area contributed by atoms with Crippen LogP contribution < -0.4 is 19.5 Å². The Bertz CT molecular complexity index is 1270. The fourth-order valence-corrected chi connectivity index (χ4v) is 5.76. The third kappa shape index (κ3) is 4.30. The number of anilines is 1. The molecule has 0 bridgehead atoms. The summed E-state index contributed by atoms with van der Waals surface area (Å²) in [7, 11) is 5.00. The zero-order valence-electron chi connectivity index (χ0n) is 21.3. The van der Waals surface area contributed by atoms with E-state index < -0.39 is 0 Å². The molecule has 5 rings (SSSR count). The van der Waals surface area contributed by atoms with Crippen molar-refractivity contribution in [3.05, 3.63) is 82.4 Å². The minimum atomic E-state index is -0.324. The highest BCUT2D eigenvalue weighted by molar-refractivity contribution is 6.06. The van der Waals surface area contributed by atoms with Crippen LogP contribution in [0.3, 0.4) is 0 Å². The number of benzene rings is 3. The first-order chi connectivity index (χ1) is 17.5. The topological polar surface area (TPSA) is 66.0 Å². The van der Waals surface area contributed by atoms with Crippen LogP contribution in [0.2, 0.25) is 0 Å². The Kier molecular flexibility index (Phi) is 6.88. The molecule has 3 atom stereocenters. The van der Waals surface area contributed by atoms with E-state index in [4.69, 9.17) is 18.9 Å². The van der Waals surface area contributed by atoms with Gasteiger partial charge in [0.25, 0.3) is 5.91 Å². The number of hydrogen-bond donors (Lipinski definition) is 1. The number of ether oxygens (including phenoxy) is 4. The summed E-state index contributed by atoms with van der Waals surface area (Å²) in [5.74, 6) is 2.32. The maximum Gasteiger partial charge on any atom is 0.259 e. The van der Waals surface area contributed by atoms with E-state index in [-0.39, 0.29) is 24.0 Å². The van der Waals surface area contributed by atoms with Gasteiger partial charge in [0.05, 0.1) is 33.0 Å². The zero-order chi connectivity index (χ0) is 25.2. The number of rotatable bonds is 6. The Balaban J connectivity index is 1.53. The van der Waals surface area contributed by atoms with Crippen molar-refractivity contribution in [1.82, 2.24) is 0 Å². The molecular formula is C30H33NO5. The summed E-state index contributed by atoms with van der Waals surface area (Å²) in [5.41, 5.74) is 5.27. The van der Waals surface area contributed by atoms with E-state index in [1.54, 1.807) is 27.4 Å². The lowest BCUT2D eigenvalue weighted by Gasteiger charge is -2.42. The molecule has 0 aromatic heterocycles. The fourth-order valence-electron chi connectivity index (χ4n) is 5.76. The maximum atomic E-state index is 13.1. The summed E-state index contributed by atoms with van der Waals surface area (Å²) in [6.07, 6.45) is 4.22. The van der Waals surface area contributed by atoms with Crippen molar-refractivity contribution in [1.29, 1.82) is 0 Å². The van der Waals surface area contributed by atoms with Crippen LogP contribution in [0.25, 0.3) is 0 Å². The van der Waals surface area contributed by atoms with Crippen LogP contribution in [-0.2, 0) is 4.74 Å². The molecule has 36 heavy (non-hydrogen) atoms. The number of para-hydroxylation sites is 1. The monoisotopic (exact) mass is 487 g/mol. The van der Waals surface area contributed by atoms with Crippen molar-refractivity contribution < 1.29 is 23.7 Å². The van der Waals surface area contributed by atoms with Gasteiger partial charge in [-0.25, -0.2) is 0 Å². The smallest absolute Gasteiger partial charge is 0.259 e. The molecule has 6 nitrogen and oxygen atoms in total. The number of nitrogens with one attached hydrogen (secondary N) is 1. The van der Waals surface area contributed by atoms with Crippen molar-refractivity contribution in [2.24, 2.45) is 0 Å². The Hall–Kier alpha value is -3.51. The van der Waals surface area contributed by atoms with E-state index in [2.05, 4.69) is 5.32 Å².